The first-order valence-electron chi connectivity index (χ1n) is 5.61. The Morgan fingerprint density at radius 3 is 2.26 bits per heavy atom. The Kier molecular flexibility index (Phi) is 5.00. The van der Waals surface area contributed by atoms with E-state index in [1.807, 2.05) is 0 Å². The SMILES string of the molecule is C=C(CC(=O)OC)C(=O)c1ccc(NC(C)=O)cc1. The molecule has 1 aromatic carbocycles. The molecule has 1 amide bonds. The first-order chi connectivity index (χ1) is 8.93. The van der Waals surface area contributed by atoms with E-state index in [-0.39, 0.29) is 23.7 Å². The number of ether oxygens (including phenoxy) is 1. The van der Waals surface area contributed by atoms with Crippen molar-refractivity contribution in [3.8, 4) is 0 Å². The minimum Gasteiger partial charge on any atom is -0.469 e. The average Bonchev–Trinajstić information content (AvgIpc) is 2.37. The summed E-state index contributed by atoms with van der Waals surface area (Å²) in [5.41, 5.74) is 1.17. The maximum atomic E-state index is 11.9. The number of carbonyl (C=O) groups is 3. The van der Waals surface area contributed by atoms with Crippen molar-refractivity contribution in [2.24, 2.45) is 0 Å². The Bertz CT molecular complexity index is 517. The van der Waals surface area contributed by atoms with E-state index in [0.29, 0.717) is 11.3 Å². The molecule has 0 heterocycles. The number of Topliss-reactive ketones (excluding diaryl/α,β-unsaturated/α-hetero) is 1. The highest BCUT2D eigenvalue weighted by atomic mass is 16.5. The maximum Gasteiger partial charge on any atom is 0.310 e. The number of ketones is 1. The number of carbonyl (C=O) groups excluding carboxylic acids is 3. The summed E-state index contributed by atoms with van der Waals surface area (Å²) < 4.78 is 4.47. The molecule has 19 heavy (non-hydrogen) atoms. The summed E-state index contributed by atoms with van der Waals surface area (Å²) in [6.07, 6.45) is -0.136. The third kappa shape index (κ3) is 4.39. The highest BCUT2D eigenvalue weighted by Crippen LogP contribution is 2.14. The van der Waals surface area contributed by atoms with E-state index in [9.17, 15) is 14.4 Å². The quantitative estimate of drug-likeness (QED) is 0.499. The highest BCUT2D eigenvalue weighted by Gasteiger charge is 2.14. The number of hydrogen-bond acceptors (Lipinski definition) is 4. The van der Waals surface area contributed by atoms with Crippen LogP contribution < -0.4 is 5.32 Å². The van der Waals surface area contributed by atoms with Gasteiger partial charge >= 0.3 is 5.97 Å². The molecule has 0 aliphatic carbocycles. The molecule has 5 heteroatoms. The van der Waals surface area contributed by atoms with Crippen LogP contribution in [0, 0.1) is 0 Å². The molecular formula is C14H15NO4. The van der Waals surface area contributed by atoms with Crippen molar-refractivity contribution in [3.63, 3.8) is 0 Å². The van der Waals surface area contributed by atoms with Crippen LogP contribution in [-0.4, -0.2) is 24.8 Å². The molecule has 0 saturated carbocycles. The molecule has 1 aromatic rings. The van der Waals surface area contributed by atoms with Crippen molar-refractivity contribution in [2.45, 2.75) is 13.3 Å². The van der Waals surface area contributed by atoms with Gasteiger partial charge in [-0.1, -0.05) is 6.58 Å². The molecule has 0 radical (unpaired) electrons. The van der Waals surface area contributed by atoms with Crippen LogP contribution in [0.5, 0.6) is 0 Å². The van der Waals surface area contributed by atoms with E-state index in [0.717, 1.165) is 0 Å². The second-order valence-corrected chi connectivity index (χ2v) is 3.94. The fourth-order valence-electron chi connectivity index (χ4n) is 1.44. The molecule has 0 bridgehead atoms. The Hall–Kier alpha value is -2.43. The van der Waals surface area contributed by atoms with Crippen molar-refractivity contribution in [3.05, 3.63) is 42.0 Å². The van der Waals surface area contributed by atoms with E-state index in [4.69, 9.17) is 0 Å². The lowest BCUT2D eigenvalue weighted by Crippen LogP contribution is -2.10. The second kappa shape index (κ2) is 6.49. The van der Waals surface area contributed by atoms with Gasteiger partial charge in [0.05, 0.1) is 13.5 Å². The van der Waals surface area contributed by atoms with Crippen LogP contribution in [0.15, 0.2) is 36.4 Å². The van der Waals surface area contributed by atoms with Gasteiger partial charge in [0.25, 0.3) is 0 Å². The molecule has 5 nitrogen and oxygen atoms in total. The third-order valence-electron chi connectivity index (χ3n) is 2.37. The zero-order valence-electron chi connectivity index (χ0n) is 10.9. The van der Waals surface area contributed by atoms with Gasteiger partial charge in [-0.3, -0.25) is 14.4 Å². The molecule has 0 atom stereocenters. The summed E-state index contributed by atoms with van der Waals surface area (Å²) in [4.78, 5) is 33.8. The van der Waals surface area contributed by atoms with E-state index >= 15 is 0 Å². The van der Waals surface area contributed by atoms with Gasteiger partial charge in [0.2, 0.25) is 5.91 Å². The topological polar surface area (TPSA) is 72.5 Å². The lowest BCUT2D eigenvalue weighted by atomic mass is 10.0. The van der Waals surface area contributed by atoms with Gasteiger partial charge in [0.1, 0.15) is 0 Å². The van der Waals surface area contributed by atoms with E-state index < -0.39 is 5.97 Å². The van der Waals surface area contributed by atoms with Gasteiger partial charge in [0, 0.05) is 23.7 Å². The van der Waals surface area contributed by atoms with Crippen molar-refractivity contribution < 1.29 is 19.1 Å². The summed E-state index contributed by atoms with van der Waals surface area (Å²) in [5.74, 6) is -1.01. The van der Waals surface area contributed by atoms with Gasteiger partial charge < -0.3 is 10.1 Å². The Labute approximate surface area is 111 Å². The number of benzene rings is 1. The van der Waals surface area contributed by atoms with Crippen LogP contribution in [0.3, 0.4) is 0 Å². The number of anilines is 1. The molecule has 0 aliphatic heterocycles. The van der Waals surface area contributed by atoms with Crippen molar-refractivity contribution in [2.75, 3.05) is 12.4 Å². The van der Waals surface area contributed by atoms with Crippen LogP contribution in [-0.2, 0) is 14.3 Å². The van der Waals surface area contributed by atoms with Gasteiger partial charge in [-0.25, -0.2) is 0 Å². The van der Waals surface area contributed by atoms with Crippen LogP contribution in [0.25, 0.3) is 0 Å². The molecule has 0 unspecified atom stereocenters. The second-order valence-electron chi connectivity index (χ2n) is 3.94. The first-order valence-corrected chi connectivity index (χ1v) is 5.61. The predicted molar refractivity (Wildman–Crippen MR) is 70.8 cm³/mol. The first kappa shape index (κ1) is 14.6. The van der Waals surface area contributed by atoms with Crippen molar-refractivity contribution in [1.82, 2.24) is 0 Å². The third-order valence-corrected chi connectivity index (χ3v) is 2.37. The lowest BCUT2D eigenvalue weighted by Gasteiger charge is -2.06. The molecule has 0 saturated heterocycles. The number of esters is 1. The maximum absolute atomic E-state index is 11.9. The normalized spacial score (nSPS) is 9.58. The van der Waals surface area contributed by atoms with E-state index in [1.165, 1.54) is 14.0 Å². The number of methoxy groups -OCH3 is 1. The Balaban J connectivity index is 2.75. The summed E-state index contributed by atoms with van der Waals surface area (Å²) in [7, 11) is 1.25. The minimum absolute atomic E-state index is 0.136. The van der Waals surface area contributed by atoms with Crippen molar-refractivity contribution >= 4 is 23.3 Å². The lowest BCUT2D eigenvalue weighted by molar-refractivity contribution is -0.139. The van der Waals surface area contributed by atoms with Crippen molar-refractivity contribution in [1.29, 1.82) is 0 Å². The zero-order chi connectivity index (χ0) is 14.4. The number of amides is 1. The number of nitrogens with one attached hydrogen (secondary N) is 1. The molecule has 1 rings (SSSR count). The van der Waals surface area contributed by atoms with E-state index in [2.05, 4.69) is 16.6 Å². The molecular weight excluding hydrogens is 246 g/mol. The molecule has 1 N–H and O–H groups in total. The standard InChI is InChI=1S/C14H15NO4/c1-9(8-13(17)19-3)14(18)11-4-6-12(7-5-11)15-10(2)16/h4-7H,1,8H2,2-3H3,(H,15,16). The van der Waals surface area contributed by atoms with Crippen LogP contribution in [0.2, 0.25) is 0 Å². The van der Waals surface area contributed by atoms with Gasteiger partial charge in [-0.05, 0) is 24.3 Å². The molecule has 0 aromatic heterocycles. The number of hydrogen-bond donors (Lipinski definition) is 1. The molecule has 0 fully saturated rings. The molecule has 100 valence electrons. The smallest absolute Gasteiger partial charge is 0.310 e. The minimum atomic E-state index is -0.506. The summed E-state index contributed by atoms with van der Waals surface area (Å²) in [6, 6.07) is 6.35. The Morgan fingerprint density at radius 2 is 1.79 bits per heavy atom. The van der Waals surface area contributed by atoms with Gasteiger partial charge in [-0.15, -0.1) is 0 Å². The van der Waals surface area contributed by atoms with Gasteiger partial charge in [0.15, 0.2) is 5.78 Å². The molecule has 0 spiro atoms. The number of rotatable bonds is 5. The predicted octanol–water partition coefficient (Wildman–Crippen LogP) is 1.95. The fraction of sp³-hybridized carbons (Fsp3) is 0.214. The van der Waals surface area contributed by atoms with Crippen LogP contribution in [0.1, 0.15) is 23.7 Å². The van der Waals surface area contributed by atoms with Gasteiger partial charge in [-0.2, -0.15) is 0 Å². The fourth-order valence-corrected chi connectivity index (χ4v) is 1.44. The Morgan fingerprint density at radius 1 is 1.21 bits per heavy atom. The average molecular weight is 261 g/mol. The van der Waals surface area contributed by atoms with E-state index in [1.54, 1.807) is 24.3 Å². The van der Waals surface area contributed by atoms with Crippen LogP contribution in [0.4, 0.5) is 5.69 Å². The highest BCUT2D eigenvalue weighted by molar-refractivity contribution is 6.10. The largest absolute Gasteiger partial charge is 0.469 e. The summed E-state index contributed by atoms with van der Waals surface area (Å²) >= 11 is 0. The molecule has 0 aliphatic rings. The zero-order valence-corrected chi connectivity index (χ0v) is 10.9. The monoisotopic (exact) mass is 261 g/mol. The summed E-state index contributed by atoms with van der Waals surface area (Å²) in [6.45, 7) is 4.97. The van der Waals surface area contributed by atoms with Crippen LogP contribution >= 0.6 is 0 Å². The summed E-state index contributed by atoms with van der Waals surface area (Å²) in [5, 5.41) is 2.59.